The van der Waals surface area contributed by atoms with Crippen LogP contribution in [0.3, 0.4) is 0 Å². The van der Waals surface area contributed by atoms with Crippen molar-refractivity contribution in [2.45, 2.75) is 38.8 Å². The van der Waals surface area contributed by atoms with Crippen LogP contribution in [-0.4, -0.2) is 58.6 Å². The first-order valence-electron chi connectivity index (χ1n) is 8.34. The zero-order valence-electron chi connectivity index (χ0n) is 13.9. The fourth-order valence-electron chi connectivity index (χ4n) is 3.44. The third-order valence-electron chi connectivity index (χ3n) is 4.85. The molecule has 3 rings (SSSR count). The molecular weight excluding hydrogens is 313 g/mol. The molecule has 2 aliphatic rings. The van der Waals surface area contributed by atoms with E-state index in [0.717, 1.165) is 0 Å². The van der Waals surface area contributed by atoms with E-state index in [0.29, 0.717) is 38.5 Å². The summed E-state index contributed by atoms with van der Waals surface area (Å²) in [6.07, 6.45) is 2.40. The second-order valence-corrected chi connectivity index (χ2v) is 6.66. The molecule has 6 nitrogen and oxygen atoms in total. The van der Waals surface area contributed by atoms with Gasteiger partial charge in [0.15, 0.2) is 0 Å². The van der Waals surface area contributed by atoms with Crippen molar-refractivity contribution in [3.8, 4) is 0 Å². The number of aromatic nitrogens is 1. The SMILES string of the molecule is CC(C)C1COC(=O)N1C1CCN(C(=O)c2cccnc2F)CC1. The van der Waals surface area contributed by atoms with Crippen LogP contribution in [0.4, 0.5) is 9.18 Å². The van der Waals surface area contributed by atoms with Crippen molar-refractivity contribution in [1.29, 1.82) is 0 Å². The van der Waals surface area contributed by atoms with Gasteiger partial charge in [-0.05, 0) is 30.9 Å². The largest absolute Gasteiger partial charge is 0.447 e. The predicted octanol–water partition coefficient (Wildman–Crippen LogP) is 2.30. The maximum absolute atomic E-state index is 13.7. The van der Waals surface area contributed by atoms with Crippen molar-refractivity contribution in [3.05, 3.63) is 29.8 Å². The van der Waals surface area contributed by atoms with Crippen LogP contribution in [0.1, 0.15) is 37.0 Å². The first-order valence-corrected chi connectivity index (χ1v) is 8.34. The van der Waals surface area contributed by atoms with Crippen LogP contribution >= 0.6 is 0 Å². The minimum atomic E-state index is -0.743. The van der Waals surface area contributed by atoms with E-state index in [4.69, 9.17) is 4.74 Å². The highest BCUT2D eigenvalue weighted by Gasteiger charge is 2.41. The number of rotatable bonds is 3. The van der Waals surface area contributed by atoms with Gasteiger partial charge in [0.25, 0.3) is 5.91 Å². The average molecular weight is 335 g/mol. The fourth-order valence-corrected chi connectivity index (χ4v) is 3.44. The van der Waals surface area contributed by atoms with Crippen molar-refractivity contribution in [1.82, 2.24) is 14.8 Å². The summed E-state index contributed by atoms with van der Waals surface area (Å²) < 4.78 is 18.9. The number of hydrogen-bond donors (Lipinski definition) is 0. The molecule has 1 atom stereocenters. The lowest BCUT2D eigenvalue weighted by Crippen LogP contribution is -2.51. The number of likely N-dealkylation sites (tertiary alicyclic amines) is 1. The molecule has 0 radical (unpaired) electrons. The molecule has 2 amide bonds. The van der Waals surface area contributed by atoms with Gasteiger partial charge in [0.1, 0.15) is 6.61 Å². The number of cyclic esters (lactones) is 1. The number of ether oxygens (including phenoxy) is 1. The van der Waals surface area contributed by atoms with E-state index in [9.17, 15) is 14.0 Å². The fraction of sp³-hybridized carbons (Fsp3) is 0.588. The van der Waals surface area contributed by atoms with E-state index in [-0.39, 0.29) is 29.6 Å². The summed E-state index contributed by atoms with van der Waals surface area (Å²) in [6.45, 7) is 5.56. The molecule has 1 aromatic rings. The van der Waals surface area contributed by atoms with E-state index in [1.165, 1.54) is 12.3 Å². The van der Waals surface area contributed by atoms with Gasteiger partial charge >= 0.3 is 6.09 Å². The summed E-state index contributed by atoms with van der Waals surface area (Å²) in [7, 11) is 0. The molecule has 0 N–H and O–H groups in total. The number of nitrogens with zero attached hydrogens (tertiary/aromatic N) is 3. The second-order valence-electron chi connectivity index (χ2n) is 6.66. The molecule has 0 aliphatic carbocycles. The molecule has 7 heteroatoms. The van der Waals surface area contributed by atoms with Crippen LogP contribution in [0, 0.1) is 11.9 Å². The van der Waals surface area contributed by atoms with Gasteiger partial charge in [-0.15, -0.1) is 0 Å². The van der Waals surface area contributed by atoms with Crippen LogP contribution < -0.4 is 0 Å². The van der Waals surface area contributed by atoms with Gasteiger partial charge in [0.2, 0.25) is 5.95 Å². The summed E-state index contributed by atoms with van der Waals surface area (Å²) in [4.78, 5) is 31.4. The van der Waals surface area contributed by atoms with E-state index in [2.05, 4.69) is 18.8 Å². The molecule has 2 aliphatic heterocycles. The van der Waals surface area contributed by atoms with Crippen molar-refractivity contribution < 1.29 is 18.7 Å². The second kappa shape index (κ2) is 6.75. The Hall–Kier alpha value is -2.18. The Balaban J connectivity index is 1.64. The van der Waals surface area contributed by atoms with Crippen molar-refractivity contribution >= 4 is 12.0 Å². The Morgan fingerprint density at radius 2 is 2.08 bits per heavy atom. The number of pyridine rings is 1. The van der Waals surface area contributed by atoms with Crippen molar-refractivity contribution in [2.75, 3.05) is 19.7 Å². The highest BCUT2D eigenvalue weighted by molar-refractivity contribution is 5.94. The van der Waals surface area contributed by atoms with Gasteiger partial charge in [0.05, 0.1) is 11.6 Å². The molecule has 3 heterocycles. The minimum Gasteiger partial charge on any atom is -0.447 e. The standard InChI is InChI=1S/C17H22FN3O3/c1-11(2)14-10-24-17(23)21(14)12-5-8-20(9-6-12)16(22)13-4-3-7-19-15(13)18/h3-4,7,11-12,14H,5-6,8-10H2,1-2H3. The lowest BCUT2D eigenvalue weighted by Gasteiger charge is -2.38. The Kier molecular flexibility index (Phi) is 4.69. The molecule has 0 bridgehead atoms. The molecule has 2 saturated heterocycles. The van der Waals surface area contributed by atoms with E-state index in [1.54, 1.807) is 11.0 Å². The van der Waals surface area contributed by atoms with Gasteiger partial charge in [-0.1, -0.05) is 13.8 Å². The quantitative estimate of drug-likeness (QED) is 0.795. The molecule has 1 aromatic heterocycles. The summed E-state index contributed by atoms with van der Waals surface area (Å²) in [5.74, 6) is -0.767. The number of carbonyl (C=O) groups is 2. The third-order valence-corrected chi connectivity index (χ3v) is 4.85. The number of hydrogen-bond acceptors (Lipinski definition) is 4. The highest BCUT2D eigenvalue weighted by atomic mass is 19.1. The van der Waals surface area contributed by atoms with E-state index in [1.807, 2.05) is 4.90 Å². The number of halogens is 1. The Labute approximate surface area is 140 Å². The molecule has 24 heavy (non-hydrogen) atoms. The summed E-state index contributed by atoms with van der Waals surface area (Å²) >= 11 is 0. The van der Waals surface area contributed by atoms with Crippen LogP contribution in [-0.2, 0) is 4.74 Å². The maximum atomic E-state index is 13.7. The molecule has 0 saturated carbocycles. The smallest absolute Gasteiger partial charge is 0.410 e. The number of amides is 2. The van der Waals surface area contributed by atoms with E-state index >= 15 is 0 Å². The van der Waals surface area contributed by atoms with Gasteiger partial charge in [-0.3, -0.25) is 9.69 Å². The Bertz CT molecular complexity index is 629. The first kappa shape index (κ1) is 16.7. The average Bonchev–Trinajstić information content (AvgIpc) is 2.97. The minimum absolute atomic E-state index is 0.00316. The van der Waals surface area contributed by atoms with E-state index < -0.39 is 5.95 Å². The number of piperidine rings is 1. The van der Waals surface area contributed by atoms with Crippen molar-refractivity contribution in [2.24, 2.45) is 5.92 Å². The lowest BCUT2D eigenvalue weighted by atomic mass is 9.97. The van der Waals surface area contributed by atoms with Gasteiger partial charge in [-0.25, -0.2) is 9.78 Å². The van der Waals surface area contributed by atoms with Crippen LogP contribution in [0.2, 0.25) is 0 Å². The molecule has 0 spiro atoms. The van der Waals surface area contributed by atoms with Crippen LogP contribution in [0.5, 0.6) is 0 Å². The predicted molar refractivity (Wildman–Crippen MR) is 84.9 cm³/mol. The zero-order chi connectivity index (χ0) is 17.3. The lowest BCUT2D eigenvalue weighted by molar-refractivity contribution is 0.0614. The zero-order valence-corrected chi connectivity index (χ0v) is 13.9. The highest BCUT2D eigenvalue weighted by Crippen LogP contribution is 2.28. The van der Waals surface area contributed by atoms with Crippen LogP contribution in [0.25, 0.3) is 0 Å². The number of carbonyl (C=O) groups excluding carboxylic acids is 2. The monoisotopic (exact) mass is 335 g/mol. The molecular formula is C17H22FN3O3. The summed E-state index contributed by atoms with van der Waals surface area (Å²) in [5, 5.41) is 0. The Morgan fingerprint density at radius 3 is 2.71 bits per heavy atom. The summed E-state index contributed by atoms with van der Waals surface area (Å²) in [6, 6.07) is 3.15. The molecule has 2 fully saturated rings. The normalized spacial score (nSPS) is 22.2. The molecule has 130 valence electrons. The van der Waals surface area contributed by atoms with Gasteiger partial charge in [-0.2, -0.15) is 4.39 Å². The van der Waals surface area contributed by atoms with Crippen molar-refractivity contribution in [3.63, 3.8) is 0 Å². The first-order chi connectivity index (χ1) is 11.5. The summed E-state index contributed by atoms with van der Waals surface area (Å²) in [5.41, 5.74) is -0.00316. The molecule has 0 aromatic carbocycles. The topological polar surface area (TPSA) is 62.7 Å². The molecule has 1 unspecified atom stereocenters. The third kappa shape index (κ3) is 3.07. The van der Waals surface area contributed by atoms with Gasteiger partial charge < -0.3 is 9.64 Å². The van der Waals surface area contributed by atoms with Crippen LogP contribution in [0.15, 0.2) is 18.3 Å². The van der Waals surface area contributed by atoms with Gasteiger partial charge in [0, 0.05) is 25.3 Å². The Morgan fingerprint density at radius 1 is 1.38 bits per heavy atom. The maximum Gasteiger partial charge on any atom is 0.410 e.